The molecular formula is C18H25N3O2S. The van der Waals surface area contributed by atoms with E-state index in [1.807, 2.05) is 6.92 Å². The second-order valence-corrected chi connectivity index (χ2v) is 8.24. The second-order valence-electron chi connectivity index (χ2n) is 7.15. The van der Waals surface area contributed by atoms with E-state index in [4.69, 9.17) is 0 Å². The van der Waals surface area contributed by atoms with E-state index in [-0.39, 0.29) is 24.1 Å². The molecule has 24 heavy (non-hydrogen) atoms. The Bertz CT molecular complexity index is 806. The summed E-state index contributed by atoms with van der Waals surface area (Å²) >= 11 is 1.62. The van der Waals surface area contributed by atoms with Crippen LogP contribution >= 0.6 is 11.3 Å². The zero-order chi connectivity index (χ0) is 17.3. The van der Waals surface area contributed by atoms with E-state index in [0.29, 0.717) is 5.92 Å². The first-order chi connectivity index (χ1) is 11.5. The molecule has 2 aromatic heterocycles. The Morgan fingerprint density at radius 1 is 1.33 bits per heavy atom. The van der Waals surface area contributed by atoms with Gasteiger partial charge in [-0.05, 0) is 50.5 Å². The Morgan fingerprint density at radius 3 is 2.88 bits per heavy atom. The minimum absolute atomic E-state index is 0.0401. The number of amides is 1. The molecule has 0 saturated heterocycles. The molecule has 0 saturated carbocycles. The minimum Gasteiger partial charge on any atom is -0.352 e. The number of carbonyl (C=O) groups is 1. The van der Waals surface area contributed by atoms with Gasteiger partial charge >= 0.3 is 0 Å². The summed E-state index contributed by atoms with van der Waals surface area (Å²) in [5, 5.41) is 3.71. The van der Waals surface area contributed by atoms with Gasteiger partial charge in [0.2, 0.25) is 5.91 Å². The average Bonchev–Trinajstić information content (AvgIpc) is 3.08. The van der Waals surface area contributed by atoms with Crippen LogP contribution in [0.4, 0.5) is 0 Å². The fourth-order valence-electron chi connectivity index (χ4n) is 3.26. The van der Waals surface area contributed by atoms with Crippen molar-refractivity contribution in [2.75, 3.05) is 0 Å². The molecule has 0 fully saturated rings. The van der Waals surface area contributed by atoms with E-state index in [1.54, 1.807) is 11.3 Å². The van der Waals surface area contributed by atoms with Gasteiger partial charge in [-0.2, -0.15) is 0 Å². The Hall–Kier alpha value is -1.69. The number of aryl methyl sites for hydroxylation is 2. The van der Waals surface area contributed by atoms with E-state index in [1.165, 1.54) is 15.8 Å². The van der Waals surface area contributed by atoms with Crippen LogP contribution in [-0.4, -0.2) is 21.5 Å². The molecular weight excluding hydrogens is 322 g/mol. The highest BCUT2D eigenvalue weighted by molar-refractivity contribution is 7.18. The fraction of sp³-hybridized carbons (Fsp3) is 0.611. The monoisotopic (exact) mass is 347 g/mol. The van der Waals surface area contributed by atoms with Crippen molar-refractivity contribution >= 4 is 27.5 Å². The van der Waals surface area contributed by atoms with Gasteiger partial charge in [0.1, 0.15) is 11.4 Å². The van der Waals surface area contributed by atoms with Crippen molar-refractivity contribution in [3.8, 4) is 0 Å². The molecule has 6 heteroatoms. The lowest BCUT2D eigenvalue weighted by Crippen LogP contribution is -2.37. The van der Waals surface area contributed by atoms with Crippen molar-refractivity contribution in [1.82, 2.24) is 14.9 Å². The number of rotatable bonds is 6. The van der Waals surface area contributed by atoms with Crippen LogP contribution in [0, 0.1) is 5.92 Å². The molecule has 0 bridgehead atoms. The maximum atomic E-state index is 12.7. The second kappa shape index (κ2) is 7.05. The number of aromatic nitrogens is 2. The molecule has 2 heterocycles. The SMILES string of the molecule is CC(C)CCC(C)NC(=O)Cn1cnc2sc3c(c2c1=O)CCC3. The maximum absolute atomic E-state index is 12.7. The number of fused-ring (bicyclic) bond motifs is 3. The molecule has 1 N–H and O–H groups in total. The van der Waals surface area contributed by atoms with Crippen LogP contribution in [0.25, 0.3) is 10.2 Å². The van der Waals surface area contributed by atoms with Crippen LogP contribution in [0.2, 0.25) is 0 Å². The molecule has 0 spiro atoms. The van der Waals surface area contributed by atoms with Gasteiger partial charge in [-0.15, -0.1) is 11.3 Å². The first kappa shape index (κ1) is 17.1. The van der Waals surface area contributed by atoms with Crippen molar-refractivity contribution in [3.05, 3.63) is 27.1 Å². The summed E-state index contributed by atoms with van der Waals surface area (Å²) < 4.78 is 1.44. The van der Waals surface area contributed by atoms with Crippen LogP contribution < -0.4 is 10.9 Å². The summed E-state index contributed by atoms with van der Waals surface area (Å²) in [7, 11) is 0. The van der Waals surface area contributed by atoms with E-state index >= 15 is 0 Å². The largest absolute Gasteiger partial charge is 0.352 e. The summed E-state index contributed by atoms with van der Waals surface area (Å²) in [6.45, 7) is 6.40. The molecule has 0 aliphatic heterocycles. The fourth-order valence-corrected chi connectivity index (χ4v) is 4.48. The molecule has 1 atom stereocenters. The van der Waals surface area contributed by atoms with Crippen LogP contribution in [0.15, 0.2) is 11.1 Å². The van der Waals surface area contributed by atoms with E-state index < -0.39 is 0 Å². The zero-order valence-corrected chi connectivity index (χ0v) is 15.4. The van der Waals surface area contributed by atoms with Gasteiger partial charge in [-0.25, -0.2) is 4.98 Å². The predicted molar refractivity (Wildman–Crippen MR) is 97.6 cm³/mol. The average molecular weight is 347 g/mol. The van der Waals surface area contributed by atoms with Gasteiger partial charge in [0.15, 0.2) is 0 Å². The first-order valence-corrected chi connectivity index (χ1v) is 9.56. The number of carbonyl (C=O) groups excluding carboxylic acids is 1. The molecule has 5 nitrogen and oxygen atoms in total. The Labute approximate surface area is 146 Å². The highest BCUT2D eigenvalue weighted by Crippen LogP contribution is 2.34. The van der Waals surface area contributed by atoms with Crippen LogP contribution in [0.3, 0.4) is 0 Å². The third-order valence-electron chi connectivity index (χ3n) is 4.59. The minimum atomic E-state index is -0.124. The highest BCUT2D eigenvalue weighted by atomic mass is 32.1. The van der Waals surface area contributed by atoms with Crippen molar-refractivity contribution < 1.29 is 4.79 Å². The van der Waals surface area contributed by atoms with Crippen LogP contribution in [-0.2, 0) is 24.2 Å². The number of hydrogen-bond donors (Lipinski definition) is 1. The summed E-state index contributed by atoms with van der Waals surface area (Å²) in [4.78, 5) is 31.5. The smallest absolute Gasteiger partial charge is 0.262 e. The van der Waals surface area contributed by atoms with Gasteiger partial charge in [0.25, 0.3) is 5.56 Å². The normalized spacial score (nSPS) is 15.0. The predicted octanol–water partition coefficient (Wildman–Crippen LogP) is 2.89. The van der Waals surface area contributed by atoms with Crippen molar-refractivity contribution in [3.63, 3.8) is 0 Å². The van der Waals surface area contributed by atoms with Crippen molar-refractivity contribution in [2.45, 2.75) is 65.5 Å². The number of nitrogens with zero attached hydrogens (tertiary/aromatic N) is 2. The van der Waals surface area contributed by atoms with E-state index in [0.717, 1.165) is 47.9 Å². The van der Waals surface area contributed by atoms with Crippen molar-refractivity contribution in [1.29, 1.82) is 0 Å². The lowest BCUT2D eigenvalue weighted by molar-refractivity contribution is -0.122. The zero-order valence-electron chi connectivity index (χ0n) is 14.6. The molecule has 130 valence electrons. The molecule has 1 amide bonds. The standard InChI is InChI=1S/C18H25N3O2S/c1-11(2)7-8-12(3)20-15(22)9-21-10-19-17-16(18(21)23)13-5-4-6-14(13)24-17/h10-12H,4-9H2,1-3H3,(H,20,22). The molecule has 1 aliphatic rings. The van der Waals surface area contributed by atoms with Gasteiger partial charge in [-0.3, -0.25) is 14.2 Å². The van der Waals surface area contributed by atoms with Gasteiger partial charge in [0, 0.05) is 10.9 Å². The third kappa shape index (κ3) is 3.53. The molecule has 1 aliphatic carbocycles. The molecule has 1 unspecified atom stereocenters. The lowest BCUT2D eigenvalue weighted by atomic mass is 10.0. The Morgan fingerprint density at radius 2 is 2.12 bits per heavy atom. The lowest BCUT2D eigenvalue weighted by Gasteiger charge is -2.15. The van der Waals surface area contributed by atoms with Crippen molar-refractivity contribution in [2.24, 2.45) is 5.92 Å². The molecule has 3 rings (SSSR count). The van der Waals surface area contributed by atoms with Gasteiger partial charge in [0.05, 0.1) is 11.7 Å². The maximum Gasteiger partial charge on any atom is 0.262 e. The summed E-state index contributed by atoms with van der Waals surface area (Å²) in [5.74, 6) is 0.501. The quantitative estimate of drug-likeness (QED) is 0.874. The number of hydrogen-bond acceptors (Lipinski definition) is 4. The third-order valence-corrected chi connectivity index (χ3v) is 5.79. The number of thiophene rings is 1. The van der Waals surface area contributed by atoms with Gasteiger partial charge < -0.3 is 5.32 Å². The highest BCUT2D eigenvalue weighted by Gasteiger charge is 2.21. The summed E-state index contributed by atoms with van der Waals surface area (Å²) in [6.07, 6.45) is 6.65. The molecule has 0 aromatic carbocycles. The van der Waals surface area contributed by atoms with E-state index in [2.05, 4.69) is 24.1 Å². The summed E-state index contributed by atoms with van der Waals surface area (Å²) in [6, 6.07) is 0.123. The van der Waals surface area contributed by atoms with Gasteiger partial charge in [-0.1, -0.05) is 13.8 Å². The molecule has 2 aromatic rings. The van der Waals surface area contributed by atoms with Crippen LogP contribution in [0.5, 0.6) is 0 Å². The topological polar surface area (TPSA) is 64.0 Å². The number of nitrogens with one attached hydrogen (secondary N) is 1. The van der Waals surface area contributed by atoms with E-state index in [9.17, 15) is 9.59 Å². The summed E-state index contributed by atoms with van der Waals surface area (Å²) in [5.41, 5.74) is 1.08. The van der Waals surface area contributed by atoms with Crippen LogP contribution in [0.1, 0.15) is 50.5 Å². The Kier molecular flexibility index (Phi) is 5.04. The first-order valence-electron chi connectivity index (χ1n) is 8.74. The Balaban J connectivity index is 1.72. The molecule has 0 radical (unpaired) electrons.